The van der Waals surface area contributed by atoms with Gasteiger partial charge in [0, 0.05) is 17.8 Å². The molecule has 1 rings (SSSR count). The number of nitrogen functional groups attached to an aromatic ring is 1. The van der Waals surface area contributed by atoms with E-state index >= 15 is 0 Å². The number of carbonyl (C=O) groups is 1. The van der Waals surface area contributed by atoms with Crippen molar-refractivity contribution in [1.82, 2.24) is 0 Å². The number of nitrogens with two attached hydrogens (primary N) is 1. The van der Waals surface area contributed by atoms with Crippen LogP contribution in [0.3, 0.4) is 0 Å². The highest BCUT2D eigenvalue weighted by molar-refractivity contribution is 7.91. The van der Waals surface area contributed by atoms with Crippen LogP contribution in [-0.4, -0.2) is 25.8 Å². The molecule has 0 aromatic heterocycles. The van der Waals surface area contributed by atoms with Crippen molar-refractivity contribution < 1.29 is 13.2 Å². The van der Waals surface area contributed by atoms with Gasteiger partial charge in [0.25, 0.3) is 0 Å². The van der Waals surface area contributed by atoms with E-state index < -0.39 is 9.84 Å². The summed E-state index contributed by atoms with van der Waals surface area (Å²) < 4.78 is 23.7. The maximum absolute atomic E-state index is 11.8. The molecule has 1 atom stereocenters. The smallest absolute Gasteiger partial charge is 0.224 e. The zero-order valence-electron chi connectivity index (χ0n) is 12.6. The molecule has 0 heterocycles. The first kappa shape index (κ1) is 17.5. The molecule has 1 aromatic carbocycles. The van der Waals surface area contributed by atoms with Crippen LogP contribution in [-0.2, 0) is 14.6 Å². The molecule has 0 bridgehead atoms. The van der Waals surface area contributed by atoms with Crippen molar-refractivity contribution in [2.45, 2.75) is 33.1 Å². The van der Waals surface area contributed by atoms with Crippen molar-refractivity contribution >= 4 is 27.1 Å². The van der Waals surface area contributed by atoms with E-state index in [2.05, 4.69) is 5.32 Å². The number of nitrogens with one attached hydrogen (secondary N) is 1. The minimum atomic E-state index is -3.06. The molecule has 0 aliphatic rings. The molecule has 0 spiro atoms. The fourth-order valence-electron chi connectivity index (χ4n) is 1.88. The van der Waals surface area contributed by atoms with Crippen molar-refractivity contribution in [2.75, 3.05) is 22.6 Å². The van der Waals surface area contributed by atoms with Gasteiger partial charge in [-0.1, -0.05) is 20.3 Å². The Balaban J connectivity index is 2.35. The molecule has 6 heteroatoms. The molecule has 0 aliphatic carbocycles. The summed E-state index contributed by atoms with van der Waals surface area (Å²) in [6.45, 7) is 3.89. The molecule has 0 saturated carbocycles. The van der Waals surface area contributed by atoms with Gasteiger partial charge in [-0.15, -0.1) is 0 Å². The highest BCUT2D eigenvalue weighted by atomic mass is 32.2. The number of amides is 1. The number of anilines is 2. The van der Waals surface area contributed by atoms with Crippen LogP contribution in [0.25, 0.3) is 0 Å². The van der Waals surface area contributed by atoms with Gasteiger partial charge < -0.3 is 11.1 Å². The number of hydrogen-bond acceptors (Lipinski definition) is 4. The fourth-order valence-corrected chi connectivity index (χ4v) is 3.73. The third kappa shape index (κ3) is 7.13. The van der Waals surface area contributed by atoms with E-state index in [1.54, 1.807) is 24.3 Å². The molecule has 0 fully saturated rings. The van der Waals surface area contributed by atoms with Gasteiger partial charge in [-0.05, 0) is 36.6 Å². The van der Waals surface area contributed by atoms with Crippen LogP contribution in [0.15, 0.2) is 24.3 Å². The Morgan fingerprint density at radius 2 is 1.90 bits per heavy atom. The molecule has 3 N–H and O–H groups in total. The topological polar surface area (TPSA) is 89.3 Å². The zero-order valence-corrected chi connectivity index (χ0v) is 13.4. The Morgan fingerprint density at radius 3 is 2.48 bits per heavy atom. The second-order valence-electron chi connectivity index (χ2n) is 5.40. The fraction of sp³-hybridized carbons (Fsp3) is 0.533. The van der Waals surface area contributed by atoms with Gasteiger partial charge in [-0.25, -0.2) is 8.42 Å². The summed E-state index contributed by atoms with van der Waals surface area (Å²) >= 11 is 0. The van der Waals surface area contributed by atoms with Gasteiger partial charge >= 0.3 is 0 Å². The molecule has 0 saturated heterocycles. The lowest BCUT2D eigenvalue weighted by molar-refractivity contribution is -0.116. The molecule has 1 aromatic rings. The van der Waals surface area contributed by atoms with E-state index in [0.717, 1.165) is 6.42 Å². The summed E-state index contributed by atoms with van der Waals surface area (Å²) in [5.41, 5.74) is 6.85. The van der Waals surface area contributed by atoms with Crippen LogP contribution in [0.4, 0.5) is 11.4 Å². The number of benzene rings is 1. The molecule has 0 aliphatic heterocycles. The predicted molar refractivity (Wildman–Crippen MR) is 86.8 cm³/mol. The molecule has 1 unspecified atom stereocenters. The number of hydrogen-bond donors (Lipinski definition) is 2. The lowest BCUT2D eigenvalue weighted by Gasteiger charge is -2.09. The first-order valence-electron chi connectivity index (χ1n) is 7.18. The Hall–Kier alpha value is -1.56. The highest BCUT2D eigenvalue weighted by Gasteiger charge is 2.15. The molecule has 0 radical (unpaired) electrons. The Bertz CT molecular complexity index is 553. The van der Waals surface area contributed by atoms with Crippen LogP contribution in [0.2, 0.25) is 0 Å². The third-order valence-electron chi connectivity index (χ3n) is 3.29. The molecular formula is C15H24N2O3S. The summed E-state index contributed by atoms with van der Waals surface area (Å²) in [6.07, 6.45) is 1.39. The maximum atomic E-state index is 11.8. The lowest BCUT2D eigenvalue weighted by atomic mass is 10.2. The average molecular weight is 312 g/mol. The van der Waals surface area contributed by atoms with Crippen LogP contribution >= 0.6 is 0 Å². The van der Waals surface area contributed by atoms with Crippen molar-refractivity contribution in [2.24, 2.45) is 5.92 Å². The monoisotopic (exact) mass is 312 g/mol. The minimum Gasteiger partial charge on any atom is -0.399 e. The van der Waals surface area contributed by atoms with Gasteiger partial charge in [0.1, 0.15) is 0 Å². The van der Waals surface area contributed by atoms with Crippen molar-refractivity contribution in [3.63, 3.8) is 0 Å². The molecule has 118 valence electrons. The predicted octanol–water partition coefficient (Wildman–Crippen LogP) is 2.45. The van der Waals surface area contributed by atoms with Gasteiger partial charge in [0.05, 0.1) is 11.5 Å². The van der Waals surface area contributed by atoms with Crippen LogP contribution in [0.1, 0.15) is 33.1 Å². The van der Waals surface area contributed by atoms with Crippen molar-refractivity contribution in [1.29, 1.82) is 0 Å². The lowest BCUT2D eigenvalue weighted by Crippen LogP contribution is -2.18. The Labute approximate surface area is 126 Å². The summed E-state index contributed by atoms with van der Waals surface area (Å²) in [5.74, 6) is 0.243. The maximum Gasteiger partial charge on any atom is 0.224 e. The van der Waals surface area contributed by atoms with E-state index in [1.807, 2.05) is 13.8 Å². The summed E-state index contributed by atoms with van der Waals surface area (Å²) in [6, 6.07) is 6.83. The average Bonchev–Trinajstić information content (AvgIpc) is 2.40. The Morgan fingerprint density at radius 1 is 1.29 bits per heavy atom. The number of sulfone groups is 1. The van der Waals surface area contributed by atoms with Gasteiger partial charge in [0.15, 0.2) is 9.84 Å². The zero-order chi connectivity index (χ0) is 15.9. The second-order valence-corrected chi connectivity index (χ2v) is 7.63. The molecule has 5 nitrogen and oxygen atoms in total. The van der Waals surface area contributed by atoms with Crippen LogP contribution < -0.4 is 11.1 Å². The summed E-state index contributed by atoms with van der Waals surface area (Å²) in [7, 11) is -3.06. The third-order valence-corrected chi connectivity index (χ3v) is 5.28. The summed E-state index contributed by atoms with van der Waals surface area (Å²) in [5, 5.41) is 2.72. The largest absolute Gasteiger partial charge is 0.399 e. The quantitative estimate of drug-likeness (QED) is 0.722. The van der Waals surface area contributed by atoms with Crippen molar-refractivity contribution in [3.05, 3.63) is 24.3 Å². The van der Waals surface area contributed by atoms with E-state index in [0.29, 0.717) is 17.8 Å². The van der Waals surface area contributed by atoms with E-state index in [-0.39, 0.29) is 29.8 Å². The normalized spacial score (nSPS) is 12.9. The van der Waals surface area contributed by atoms with Crippen molar-refractivity contribution in [3.8, 4) is 0 Å². The number of rotatable bonds is 8. The first-order valence-corrected chi connectivity index (χ1v) is 9.00. The number of carbonyl (C=O) groups excluding carboxylic acids is 1. The van der Waals surface area contributed by atoms with Gasteiger partial charge in [-0.2, -0.15) is 0 Å². The van der Waals surface area contributed by atoms with Crippen LogP contribution in [0.5, 0.6) is 0 Å². The molecule has 21 heavy (non-hydrogen) atoms. The van der Waals surface area contributed by atoms with E-state index in [1.165, 1.54) is 0 Å². The van der Waals surface area contributed by atoms with Crippen LogP contribution in [0, 0.1) is 5.92 Å². The second kappa shape index (κ2) is 8.02. The molecular weight excluding hydrogens is 288 g/mol. The van der Waals surface area contributed by atoms with Gasteiger partial charge in [0.2, 0.25) is 5.91 Å². The molecule has 1 amide bonds. The summed E-state index contributed by atoms with van der Waals surface area (Å²) in [4.78, 5) is 11.7. The van der Waals surface area contributed by atoms with E-state index in [9.17, 15) is 13.2 Å². The first-order chi connectivity index (χ1) is 9.82. The minimum absolute atomic E-state index is 0.0620. The standard InChI is InChI=1S/C15H24N2O3S/c1-3-12(2)11-21(19,20)10-4-5-15(18)17-14-8-6-13(16)7-9-14/h6-9,12H,3-5,10-11,16H2,1-2H3,(H,17,18). The van der Waals surface area contributed by atoms with E-state index in [4.69, 9.17) is 5.73 Å². The Kier molecular flexibility index (Phi) is 6.68. The highest BCUT2D eigenvalue weighted by Crippen LogP contribution is 2.12. The van der Waals surface area contributed by atoms with Gasteiger partial charge in [-0.3, -0.25) is 4.79 Å². The SMILES string of the molecule is CCC(C)CS(=O)(=O)CCCC(=O)Nc1ccc(N)cc1.